The zero-order valence-corrected chi connectivity index (χ0v) is 31.0. The van der Waals surface area contributed by atoms with Crippen molar-refractivity contribution in [2.45, 2.75) is 13.8 Å². The van der Waals surface area contributed by atoms with Gasteiger partial charge in [0.1, 0.15) is 11.7 Å². The lowest BCUT2D eigenvalue weighted by Gasteiger charge is -2.07. The molecule has 0 amide bonds. The fourth-order valence-electron chi connectivity index (χ4n) is 6.40. The zero-order chi connectivity index (χ0) is 39.0. The Kier molecular flexibility index (Phi) is 11.1. The highest BCUT2D eigenvalue weighted by molar-refractivity contribution is 6.31. The first-order valence-electron chi connectivity index (χ1n) is 18.2. The van der Waals surface area contributed by atoms with Crippen LogP contribution in [0.2, 0.25) is 0 Å². The number of amidine groups is 2. The SMILES string of the molecule is Cc1[nH]n(-c2ccccc2)c(=O)c1/C=C(/C(=O)c1ccccc1)C1=NCCN1.Cc1[nH]n(-c2ccccc2)c(=O)c1/C=C(/C(=O)c1ccccc1)C1=NCCN1. The number of hydrogen-bond acceptors (Lipinski definition) is 8. The number of rotatable bonds is 10. The summed E-state index contributed by atoms with van der Waals surface area (Å²) < 4.78 is 2.96. The van der Waals surface area contributed by atoms with Crippen LogP contribution in [0.1, 0.15) is 43.2 Å². The van der Waals surface area contributed by atoms with Crippen LogP contribution in [0.5, 0.6) is 0 Å². The highest BCUT2D eigenvalue weighted by Crippen LogP contribution is 2.18. The van der Waals surface area contributed by atoms with Crippen molar-refractivity contribution in [1.82, 2.24) is 30.2 Å². The van der Waals surface area contributed by atoms with Gasteiger partial charge in [-0.3, -0.25) is 39.4 Å². The van der Waals surface area contributed by atoms with Crippen LogP contribution < -0.4 is 21.8 Å². The van der Waals surface area contributed by atoms with Crippen molar-refractivity contribution >= 4 is 35.4 Å². The highest BCUT2D eigenvalue weighted by atomic mass is 16.1. The second-order valence-corrected chi connectivity index (χ2v) is 13.1. The van der Waals surface area contributed by atoms with Gasteiger partial charge in [-0.25, -0.2) is 9.36 Å². The summed E-state index contributed by atoms with van der Waals surface area (Å²) in [6, 6.07) is 36.7. The number of Topliss-reactive ketones (excluding diaryl/α,β-unsaturated/α-hetero) is 2. The number of aryl methyl sites for hydroxylation is 2. The first-order chi connectivity index (χ1) is 27.3. The van der Waals surface area contributed by atoms with E-state index in [0.29, 0.717) is 82.6 Å². The number of hydrogen-bond donors (Lipinski definition) is 4. The van der Waals surface area contributed by atoms with E-state index >= 15 is 0 Å². The molecule has 56 heavy (non-hydrogen) atoms. The fraction of sp³-hybridized carbons (Fsp3) is 0.136. The first-order valence-corrected chi connectivity index (χ1v) is 18.2. The van der Waals surface area contributed by atoms with Crippen molar-refractivity contribution in [3.63, 3.8) is 0 Å². The smallest absolute Gasteiger partial charge is 0.278 e. The Morgan fingerprint density at radius 2 is 0.875 bits per heavy atom. The lowest BCUT2D eigenvalue weighted by atomic mass is 10.00. The molecule has 2 aromatic heterocycles. The van der Waals surface area contributed by atoms with Crippen LogP contribution in [0.15, 0.2) is 152 Å². The number of para-hydroxylation sites is 2. The van der Waals surface area contributed by atoms with Gasteiger partial charge in [0.15, 0.2) is 11.6 Å². The number of nitrogens with one attached hydrogen (secondary N) is 4. The van der Waals surface area contributed by atoms with Crippen LogP contribution in [0, 0.1) is 13.8 Å². The molecule has 4 N–H and O–H groups in total. The van der Waals surface area contributed by atoms with Gasteiger partial charge in [0, 0.05) is 35.6 Å². The van der Waals surface area contributed by atoms with Gasteiger partial charge < -0.3 is 10.6 Å². The monoisotopic (exact) mass is 744 g/mol. The molecule has 6 aromatic rings. The third kappa shape index (κ3) is 7.94. The number of aromatic amines is 2. The summed E-state index contributed by atoms with van der Waals surface area (Å²) in [4.78, 5) is 61.1. The average molecular weight is 745 g/mol. The molecule has 0 saturated carbocycles. The molecule has 12 nitrogen and oxygen atoms in total. The van der Waals surface area contributed by atoms with E-state index in [0.717, 1.165) is 11.4 Å². The highest BCUT2D eigenvalue weighted by Gasteiger charge is 2.24. The minimum atomic E-state index is -0.208. The van der Waals surface area contributed by atoms with E-state index in [4.69, 9.17) is 0 Å². The molecule has 0 unspecified atom stereocenters. The third-order valence-corrected chi connectivity index (χ3v) is 9.26. The number of benzene rings is 4. The molecule has 0 atom stereocenters. The standard InChI is InChI=1S/2C22H20N4O2/c2*1-15-18(22(28)26(25-15)17-10-6-3-7-11-17)14-19(21-23-12-13-24-21)20(27)16-8-4-2-5-9-16/h2*2-11,14,25H,12-13H2,1H3,(H,23,24)/b2*19-14-. The van der Waals surface area contributed by atoms with E-state index < -0.39 is 0 Å². The van der Waals surface area contributed by atoms with Gasteiger partial charge in [-0.2, -0.15) is 0 Å². The van der Waals surface area contributed by atoms with E-state index in [1.54, 1.807) is 36.4 Å². The van der Waals surface area contributed by atoms with Gasteiger partial charge >= 0.3 is 0 Å². The lowest BCUT2D eigenvalue weighted by Crippen LogP contribution is -2.25. The van der Waals surface area contributed by atoms with Gasteiger partial charge in [-0.1, -0.05) is 97.1 Å². The average Bonchev–Trinajstić information content (AvgIpc) is 4.07. The molecule has 280 valence electrons. The Morgan fingerprint density at radius 3 is 1.20 bits per heavy atom. The third-order valence-electron chi connectivity index (χ3n) is 9.26. The molecule has 2 aliphatic rings. The molecule has 4 aromatic carbocycles. The van der Waals surface area contributed by atoms with E-state index in [9.17, 15) is 19.2 Å². The van der Waals surface area contributed by atoms with Crippen molar-refractivity contribution in [3.05, 3.63) is 187 Å². The number of H-pyrrole nitrogens is 2. The molecule has 0 aliphatic carbocycles. The van der Waals surface area contributed by atoms with Crippen LogP contribution in [0.25, 0.3) is 23.5 Å². The second kappa shape index (κ2) is 16.8. The topological polar surface area (TPSA) is 158 Å². The predicted molar refractivity (Wildman–Crippen MR) is 220 cm³/mol. The van der Waals surface area contributed by atoms with Crippen LogP contribution in [-0.2, 0) is 0 Å². The van der Waals surface area contributed by atoms with E-state index in [-0.39, 0.29) is 22.7 Å². The largest absolute Gasteiger partial charge is 0.368 e. The quantitative estimate of drug-likeness (QED) is 0.107. The van der Waals surface area contributed by atoms with E-state index in [1.807, 2.05) is 111 Å². The van der Waals surface area contributed by atoms with Gasteiger partial charge in [-0.15, -0.1) is 0 Å². The molecular weight excluding hydrogens is 705 g/mol. The Balaban J connectivity index is 0.000000172. The van der Waals surface area contributed by atoms with Gasteiger partial charge in [0.25, 0.3) is 11.1 Å². The van der Waals surface area contributed by atoms with Crippen LogP contribution in [0.4, 0.5) is 0 Å². The minimum Gasteiger partial charge on any atom is -0.368 e. The van der Waals surface area contributed by atoms with Crippen molar-refractivity contribution < 1.29 is 9.59 Å². The van der Waals surface area contributed by atoms with Gasteiger partial charge in [0.05, 0.1) is 46.7 Å². The molecule has 12 heteroatoms. The lowest BCUT2D eigenvalue weighted by molar-refractivity contribution is 0.103. The van der Waals surface area contributed by atoms with Crippen molar-refractivity contribution in [2.24, 2.45) is 9.98 Å². The molecule has 0 spiro atoms. The van der Waals surface area contributed by atoms with Crippen molar-refractivity contribution in [2.75, 3.05) is 26.2 Å². The fourth-order valence-corrected chi connectivity index (χ4v) is 6.40. The summed E-state index contributed by atoms with van der Waals surface area (Å²) in [7, 11) is 0. The number of nitrogens with zero attached hydrogens (tertiary/aromatic N) is 4. The molecule has 4 heterocycles. The molecule has 0 saturated heterocycles. The van der Waals surface area contributed by atoms with Crippen LogP contribution >= 0.6 is 0 Å². The number of ketones is 2. The maximum atomic E-state index is 13.1. The normalized spacial score (nSPS) is 13.9. The number of aromatic nitrogens is 4. The number of aliphatic imine (C=N–C) groups is 2. The van der Waals surface area contributed by atoms with Gasteiger partial charge in [0.2, 0.25) is 0 Å². The van der Waals surface area contributed by atoms with Crippen molar-refractivity contribution in [3.8, 4) is 11.4 Å². The van der Waals surface area contributed by atoms with Crippen LogP contribution in [-0.4, -0.2) is 69.0 Å². The summed E-state index contributed by atoms with van der Waals surface area (Å²) in [6.45, 7) is 6.21. The molecule has 0 fully saturated rings. The Hall–Kier alpha value is -7.34. The molecular formula is C44H40N8O4. The Bertz CT molecular complexity index is 2430. The maximum Gasteiger partial charge on any atom is 0.278 e. The van der Waals surface area contributed by atoms with Gasteiger partial charge in [-0.05, 0) is 50.3 Å². The van der Waals surface area contributed by atoms with Crippen molar-refractivity contribution in [1.29, 1.82) is 0 Å². The summed E-state index contributed by atoms with van der Waals surface area (Å²) >= 11 is 0. The summed E-state index contributed by atoms with van der Waals surface area (Å²) in [5.41, 5.74) is 5.22. The molecule has 0 radical (unpaired) electrons. The maximum absolute atomic E-state index is 13.1. The number of carbonyl (C=O) groups excluding carboxylic acids is 2. The zero-order valence-electron chi connectivity index (χ0n) is 31.0. The Morgan fingerprint density at radius 1 is 0.536 bits per heavy atom. The molecule has 0 bridgehead atoms. The van der Waals surface area contributed by atoms with E-state index in [2.05, 4.69) is 30.8 Å². The first kappa shape index (κ1) is 37.0. The number of carbonyl (C=O) groups is 2. The van der Waals surface area contributed by atoms with E-state index in [1.165, 1.54) is 9.36 Å². The summed E-state index contributed by atoms with van der Waals surface area (Å²) in [5.74, 6) is 0.722. The van der Waals surface area contributed by atoms with Crippen LogP contribution in [0.3, 0.4) is 0 Å². The predicted octanol–water partition coefficient (Wildman–Crippen LogP) is 5.48. The summed E-state index contributed by atoms with van der Waals surface area (Å²) in [6.07, 6.45) is 3.28. The Labute approximate surface area is 322 Å². The molecule has 2 aliphatic heterocycles. The summed E-state index contributed by atoms with van der Waals surface area (Å²) in [5, 5.41) is 12.5. The second-order valence-electron chi connectivity index (χ2n) is 13.1. The molecule has 8 rings (SSSR count). The minimum absolute atomic E-state index is 0.167.